The number of hydrogen-bond donors (Lipinski definition) is 1. The van der Waals surface area contributed by atoms with E-state index in [1.807, 2.05) is 6.07 Å². The van der Waals surface area contributed by atoms with Gasteiger partial charge in [-0.3, -0.25) is 4.55 Å². The predicted molar refractivity (Wildman–Crippen MR) is 129 cm³/mol. The first kappa shape index (κ1) is 28.7. The number of benzene rings is 1. The van der Waals surface area contributed by atoms with Gasteiger partial charge in [-0.25, -0.2) is 0 Å². The lowest BCUT2D eigenvalue weighted by molar-refractivity contribution is 0.481. The maximum Gasteiger partial charge on any atom is 0.294 e. The zero-order chi connectivity index (χ0) is 20.5. The highest BCUT2D eigenvalue weighted by Crippen LogP contribution is 2.19. The molecule has 0 saturated heterocycles. The van der Waals surface area contributed by atoms with Gasteiger partial charge in [-0.1, -0.05) is 121 Å². The highest BCUT2D eigenvalue weighted by atomic mass is 32.2. The van der Waals surface area contributed by atoms with Gasteiger partial charge in [0.05, 0.1) is 4.90 Å². The lowest BCUT2D eigenvalue weighted by Crippen LogP contribution is -2.03. The molecule has 0 unspecified atom stereocenters. The van der Waals surface area contributed by atoms with Gasteiger partial charge in [0.25, 0.3) is 10.1 Å². The third kappa shape index (κ3) is 15.2. The van der Waals surface area contributed by atoms with E-state index in [2.05, 4.69) is 6.92 Å². The minimum atomic E-state index is -4.11. The van der Waals surface area contributed by atoms with E-state index < -0.39 is 10.1 Å². The second-order valence-electron chi connectivity index (χ2n) is 8.14. The van der Waals surface area contributed by atoms with Crippen LogP contribution in [0.15, 0.2) is 29.2 Å². The zero-order valence-electron chi connectivity index (χ0n) is 18.0. The molecule has 3 nitrogen and oxygen atoms in total. The summed E-state index contributed by atoms with van der Waals surface area (Å²) in [5.74, 6) is 0. The minimum absolute atomic E-state index is 0. The Morgan fingerprint density at radius 3 is 1.45 bits per heavy atom. The molecule has 1 aromatic carbocycles. The summed E-state index contributed by atoms with van der Waals surface area (Å²) in [4.78, 5) is 0.0657. The molecular formula is C24H45AlO3S. The van der Waals surface area contributed by atoms with Crippen LogP contribution in [-0.2, 0) is 16.5 Å². The summed E-state index contributed by atoms with van der Waals surface area (Å²) in [5.41, 5.74) is 0.732. The third-order valence-corrected chi connectivity index (χ3v) is 6.50. The van der Waals surface area contributed by atoms with Crippen molar-refractivity contribution >= 4 is 27.5 Å². The molecule has 0 amide bonds. The smallest absolute Gasteiger partial charge is 0.282 e. The molecule has 0 heterocycles. The molecule has 0 aliphatic carbocycles. The van der Waals surface area contributed by atoms with E-state index in [9.17, 15) is 13.0 Å². The first-order valence-corrected chi connectivity index (χ1v) is 13.0. The molecule has 5 heteroatoms. The van der Waals surface area contributed by atoms with Crippen molar-refractivity contribution < 1.29 is 13.0 Å². The number of hydrogen-bond acceptors (Lipinski definition) is 2. The van der Waals surface area contributed by atoms with Crippen LogP contribution in [0, 0.1) is 0 Å². The predicted octanol–water partition coefficient (Wildman–Crippen LogP) is 6.55. The van der Waals surface area contributed by atoms with Crippen molar-refractivity contribution in [2.24, 2.45) is 0 Å². The minimum Gasteiger partial charge on any atom is -0.282 e. The Hall–Kier alpha value is -0.338. The molecule has 0 aliphatic heterocycles. The molecule has 0 saturated carbocycles. The van der Waals surface area contributed by atoms with Crippen LogP contribution in [0.3, 0.4) is 0 Å². The van der Waals surface area contributed by atoms with Crippen molar-refractivity contribution in [3.63, 3.8) is 0 Å². The Bertz CT molecular complexity index is 602. The Balaban J connectivity index is 0.00000784. The SMILES string of the molecule is CCCCCCCCCCCCCCCCCCc1ccccc1S(=O)(=O)O.[AlH3]. The Labute approximate surface area is 191 Å². The average Bonchev–Trinajstić information content (AvgIpc) is 2.67. The Morgan fingerprint density at radius 2 is 1.03 bits per heavy atom. The van der Waals surface area contributed by atoms with E-state index in [0.717, 1.165) is 18.4 Å². The molecule has 168 valence electrons. The van der Waals surface area contributed by atoms with Gasteiger partial charge >= 0.3 is 0 Å². The van der Waals surface area contributed by atoms with E-state index in [1.165, 1.54) is 96.0 Å². The van der Waals surface area contributed by atoms with Crippen LogP contribution in [0.5, 0.6) is 0 Å². The van der Waals surface area contributed by atoms with E-state index in [1.54, 1.807) is 12.1 Å². The summed E-state index contributed by atoms with van der Waals surface area (Å²) in [6.07, 6.45) is 22.0. The summed E-state index contributed by atoms with van der Waals surface area (Å²) in [6, 6.07) is 6.77. The van der Waals surface area contributed by atoms with Gasteiger partial charge in [0, 0.05) is 0 Å². The van der Waals surface area contributed by atoms with E-state index in [0.29, 0.717) is 6.42 Å². The van der Waals surface area contributed by atoms with Crippen molar-refractivity contribution in [3.05, 3.63) is 29.8 Å². The lowest BCUT2D eigenvalue weighted by atomic mass is 10.0. The van der Waals surface area contributed by atoms with E-state index >= 15 is 0 Å². The quantitative estimate of drug-likeness (QED) is 0.160. The normalized spacial score (nSPS) is 11.4. The van der Waals surface area contributed by atoms with Gasteiger partial charge in [0.15, 0.2) is 17.4 Å². The Morgan fingerprint density at radius 1 is 0.655 bits per heavy atom. The molecule has 1 aromatic rings. The molecule has 0 spiro atoms. The number of unbranched alkanes of at least 4 members (excludes halogenated alkanes) is 15. The van der Waals surface area contributed by atoms with Gasteiger partial charge < -0.3 is 0 Å². The van der Waals surface area contributed by atoms with Gasteiger partial charge in [0.1, 0.15) is 0 Å². The largest absolute Gasteiger partial charge is 0.294 e. The topological polar surface area (TPSA) is 54.4 Å². The molecule has 0 aromatic heterocycles. The molecule has 0 radical (unpaired) electrons. The molecule has 1 N–H and O–H groups in total. The highest BCUT2D eigenvalue weighted by Gasteiger charge is 2.13. The fourth-order valence-electron chi connectivity index (χ4n) is 3.83. The number of aryl methyl sites for hydroxylation is 1. The Kier molecular flexibility index (Phi) is 18.2. The van der Waals surface area contributed by atoms with Crippen molar-refractivity contribution in [2.45, 2.75) is 121 Å². The van der Waals surface area contributed by atoms with Gasteiger partial charge in [-0.15, -0.1) is 0 Å². The fourth-order valence-corrected chi connectivity index (χ4v) is 4.58. The molecule has 1 rings (SSSR count). The molecular weight excluding hydrogens is 395 g/mol. The molecule has 29 heavy (non-hydrogen) atoms. The molecule has 0 fully saturated rings. The summed E-state index contributed by atoms with van der Waals surface area (Å²) < 4.78 is 32.0. The van der Waals surface area contributed by atoms with Gasteiger partial charge in [-0.2, -0.15) is 8.42 Å². The summed E-state index contributed by atoms with van der Waals surface area (Å²) in [7, 11) is -4.11. The molecule has 0 aliphatic rings. The van der Waals surface area contributed by atoms with Gasteiger partial charge in [0.2, 0.25) is 0 Å². The first-order valence-electron chi connectivity index (χ1n) is 11.6. The monoisotopic (exact) mass is 440 g/mol. The third-order valence-electron chi connectivity index (χ3n) is 5.55. The van der Waals surface area contributed by atoms with Crippen LogP contribution in [0.2, 0.25) is 0 Å². The molecule has 0 bridgehead atoms. The standard InChI is InChI=1S/C24H42O3S.Al.3H/c1-2-3-4-5-6-7-8-9-10-11-12-13-14-15-16-17-20-23-21-18-19-22-24(23)28(25,26)27;;;;/h18-19,21-22H,2-17,20H2,1H3,(H,25,26,27);;;;. The van der Waals surface area contributed by atoms with Crippen LogP contribution < -0.4 is 0 Å². The number of rotatable bonds is 18. The zero-order valence-corrected chi connectivity index (χ0v) is 18.8. The van der Waals surface area contributed by atoms with Crippen molar-refractivity contribution in [1.29, 1.82) is 0 Å². The first-order chi connectivity index (χ1) is 13.6. The fraction of sp³-hybridized carbons (Fsp3) is 0.750. The highest BCUT2D eigenvalue weighted by molar-refractivity contribution is 7.85. The summed E-state index contributed by atoms with van der Waals surface area (Å²) in [6.45, 7) is 2.27. The maximum atomic E-state index is 11.4. The molecule has 0 atom stereocenters. The van der Waals surface area contributed by atoms with Crippen LogP contribution in [0.4, 0.5) is 0 Å². The van der Waals surface area contributed by atoms with Crippen LogP contribution in [0.25, 0.3) is 0 Å². The van der Waals surface area contributed by atoms with Crippen LogP contribution >= 0.6 is 0 Å². The van der Waals surface area contributed by atoms with Crippen molar-refractivity contribution in [3.8, 4) is 0 Å². The lowest BCUT2D eigenvalue weighted by Gasteiger charge is -2.07. The maximum absolute atomic E-state index is 11.4. The van der Waals surface area contributed by atoms with Crippen molar-refractivity contribution in [2.75, 3.05) is 0 Å². The summed E-state index contributed by atoms with van der Waals surface area (Å²) in [5, 5.41) is 0. The van der Waals surface area contributed by atoms with Crippen LogP contribution in [0.1, 0.15) is 115 Å². The van der Waals surface area contributed by atoms with E-state index in [-0.39, 0.29) is 22.3 Å². The summed E-state index contributed by atoms with van der Waals surface area (Å²) >= 11 is 0. The van der Waals surface area contributed by atoms with Crippen LogP contribution in [-0.4, -0.2) is 30.3 Å². The van der Waals surface area contributed by atoms with E-state index in [4.69, 9.17) is 0 Å². The van der Waals surface area contributed by atoms with Crippen molar-refractivity contribution in [1.82, 2.24) is 0 Å². The average molecular weight is 441 g/mol. The van der Waals surface area contributed by atoms with Gasteiger partial charge in [-0.05, 0) is 24.5 Å². The second-order valence-corrected chi connectivity index (χ2v) is 9.53. The second kappa shape index (κ2) is 18.4.